The second-order valence-electron chi connectivity index (χ2n) is 6.18. The standard InChI is InChI=1S/C18H20FN3O/c1-10-16(9-20)15-8-13(19)7-14(11(2)21)18(15)22-17(10)12-3-5-23-6-4-12/h7-8,11-12H,3-6,21H2,1-2H3. The summed E-state index contributed by atoms with van der Waals surface area (Å²) in [5.74, 6) is -0.118. The minimum Gasteiger partial charge on any atom is -0.381 e. The lowest BCUT2D eigenvalue weighted by molar-refractivity contribution is 0.0844. The van der Waals surface area contributed by atoms with Gasteiger partial charge in [0.1, 0.15) is 11.9 Å². The molecule has 1 fully saturated rings. The number of hydrogen-bond donors (Lipinski definition) is 1. The molecule has 120 valence electrons. The fourth-order valence-corrected chi connectivity index (χ4v) is 3.33. The van der Waals surface area contributed by atoms with Crippen molar-refractivity contribution < 1.29 is 9.13 Å². The largest absolute Gasteiger partial charge is 0.381 e. The molecule has 1 aromatic carbocycles. The van der Waals surface area contributed by atoms with Crippen LogP contribution in [0.5, 0.6) is 0 Å². The lowest BCUT2D eigenvalue weighted by Gasteiger charge is -2.24. The normalized spacial score (nSPS) is 17.2. The van der Waals surface area contributed by atoms with Crippen molar-refractivity contribution in [1.82, 2.24) is 4.98 Å². The molecule has 3 rings (SSSR count). The molecule has 1 unspecified atom stereocenters. The zero-order chi connectivity index (χ0) is 16.6. The number of halogens is 1. The molecular weight excluding hydrogens is 293 g/mol. The Morgan fingerprint density at radius 3 is 2.70 bits per heavy atom. The van der Waals surface area contributed by atoms with Gasteiger partial charge in [0.05, 0.1) is 11.1 Å². The summed E-state index contributed by atoms with van der Waals surface area (Å²) in [5, 5.41) is 10.2. The van der Waals surface area contributed by atoms with Gasteiger partial charge in [-0.15, -0.1) is 0 Å². The highest BCUT2D eigenvalue weighted by atomic mass is 19.1. The van der Waals surface area contributed by atoms with Gasteiger partial charge in [-0.2, -0.15) is 5.26 Å². The molecule has 2 heterocycles. The third kappa shape index (κ3) is 2.80. The third-order valence-corrected chi connectivity index (χ3v) is 4.58. The summed E-state index contributed by atoms with van der Waals surface area (Å²) in [6.07, 6.45) is 1.78. The number of ether oxygens (including phenoxy) is 1. The van der Waals surface area contributed by atoms with E-state index in [0.717, 1.165) is 24.1 Å². The van der Waals surface area contributed by atoms with Crippen molar-refractivity contribution in [2.24, 2.45) is 5.73 Å². The highest BCUT2D eigenvalue weighted by Crippen LogP contribution is 2.34. The van der Waals surface area contributed by atoms with Gasteiger partial charge in [-0.25, -0.2) is 4.39 Å². The molecule has 1 aliphatic heterocycles. The van der Waals surface area contributed by atoms with Gasteiger partial charge in [-0.1, -0.05) is 0 Å². The highest BCUT2D eigenvalue weighted by molar-refractivity contribution is 5.89. The second kappa shape index (κ2) is 6.23. The molecule has 0 saturated carbocycles. The van der Waals surface area contributed by atoms with Crippen molar-refractivity contribution in [1.29, 1.82) is 5.26 Å². The van der Waals surface area contributed by atoms with Crippen molar-refractivity contribution in [3.8, 4) is 6.07 Å². The first-order valence-corrected chi connectivity index (χ1v) is 7.90. The van der Waals surface area contributed by atoms with Crippen molar-refractivity contribution in [3.05, 3.63) is 40.3 Å². The van der Waals surface area contributed by atoms with Gasteiger partial charge in [-0.05, 0) is 49.9 Å². The Bertz CT molecular complexity index is 789. The third-order valence-electron chi connectivity index (χ3n) is 4.58. The number of nitrogens with zero attached hydrogens (tertiary/aromatic N) is 2. The number of nitriles is 1. The molecule has 0 bridgehead atoms. The van der Waals surface area contributed by atoms with Crippen LogP contribution in [0.3, 0.4) is 0 Å². The monoisotopic (exact) mass is 313 g/mol. The molecule has 2 N–H and O–H groups in total. The van der Waals surface area contributed by atoms with Crippen molar-refractivity contribution in [3.63, 3.8) is 0 Å². The van der Waals surface area contributed by atoms with Crippen LogP contribution in [0.4, 0.5) is 4.39 Å². The molecule has 4 nitrogen and oxygen atoms in total. The second-order valence-corrected chi connectivity index (χ2v) is 6.18. The van der Waals surface area contributed by atoms with Crippen molar-refractivity contribution >= 4 is 10.9 Å². The predicted octanol–water partition coefficient (Wildman–Crippen LogP) is 3.47. The van der Waals surface area contributed by atoms with Crippen LogP contribution in [0.15, 0.2) is 12.1 Å². The Morgan fingerprint density at radius 1 is 1.39 bits per heavy atom. The maximum Gasteiger partial charge on any atom is 0.124 e. The van der Waals surface area contributed by atoms with E-state index in [1.54, 1.807) is 6.92 Å². The first-order valence-electron chi connectivity index (χ1n) is 7.90. The number of rotatable bonds is 2. The van der Waals surface area contributed by atoms with Crippen LogP contribution in [-0.4, -0.2) is 18.2 Å². The Labute approximate surface area is 135 Å². The molecule has 1 aliphatic rings. The summed E-state index contributed by atoms with van der Waals surface area (Å²) < 4.78 is 19.4. The van der Waals surface area contributed by atoms with E-state index in [0.29, 0.717) is 35.2 Å². The minimum absolute atomic E-state index is 0.270. The van der Waals surface area contributed by atoms with E-state index in [1.807, 2.05) is 6.92 Å². The fraction of sp³-hybridized carbons (Fsp3) is 0.444. The Hall–Kier alpha value is -2.03. The van der Waals surface area contributed by atoms with E-state index in [4.69, 9.17) is 15.5 Å². The molecule has 0 spiro atoms. The zero-order valence-corrected chi connectivity index (χ0v) is 13.4. The quantitative estimate of drug-likeness (QED) is 0.921. The fourth-order valence-electron chi connectivity index (χ4n) is 3.33. The van der Waals surface area contributed by atoms with Crippen LogP contribution in [0.1, 0.15) is 54.1 Å². The molecule has 2 aromatic rings. The van der Waals surface area contributed by atoms with Gasteiger partial charge in [0.15, 0.2) is 0 Å². The Balaban J connectivity index is 2.31. The minimum atomic E-state index is -0.388. The van der Waals surface area contributed by atoms with Gasteiger partial charge in [0.2, 0.25) is 0 Å². The van der Waals surface area contributed by atoms with Gasteiger partial charge >= 0.3 is 0 Å². The van der Waals surface area contributed by atoms with Gasteiger partial charge in [0.25, 0.3) is 0 Å². The SMILES string of the molecule is Cc1c(C2CCOCC2)nc2c(C(C)N)cc(F)cc2c1C#N. The molecule has 23 heavy (non-hydrogen) atoms. The van der Waals surface area contributed by atoms with Crippen LogP contribution < -0.4 is 5.73 Å². The lowest BCUT2D eigenvalue weighted by atomic mass is 9.89. The van der Waals surface area contributed by atoms with Gasteiger partial charge in [-0.3, -0.25) is 4.98 Å². The summed E-state index contributed by atoms with van der Waals surface area (Å²) in [4.78, 5) is 4.82. The molecule has 0 aliphatic carbocycles. The summed E-state index contributed by atoms with van der Waals surface area (Å²) >= 11 is 0. The number of hydrogen-bond acceptors (Lipinski definition) is 4. The van der Waals surface area contributed by atoms with Crippen LogP contribution >= 0.6 is 0 Å². The molecular formula is C18H20FN3O. The van der Waals surface area contributed by atoms with Gasteiger partial charge in [0, 0.05) is 36.3 Å². The van der Waals surface area contributed by atoms with Crippen LogP contribution in [0.2, 0.25) is 0 Å². The van der Waals surface area contributed by atoms with E-state index in [2.05, 4.69) is 6.07 Å². The predicted molar refractivity (Wildman–Crippen MR) is 86.5 cm³/mol. The first kappa shape index (κ1) is 15.9. The number of aromatic nitrogens is 1. The summed E-state index contributed by atoms with van der Waals surface area (Å²) in [6, 6.07) is 4.69. The molecule has 5 heteroatoms. The van der Waals surface area contributed by atoms with Crippen LogP contribution in [-0.2, 0) is 4.74 Å². The van der Waals surface area contributed by atoms with E-state index >= 15 is 0 Å². The number of pyridine rings is 1. The number of benzene rings is 1. The van der Waals surface area contributed by atoms with Crippen molar-refractivity contribution in [2.45, 2.75) is 38.6 Å². The Kier molecular flexibility index (Phi) is 4.29. The summed E-state index contributed by atoms with van der Waals surface area (Å²) in [5.41, 5.74) is 9.55. The zero-order valence-electron chi connectivity index (χ0n) is 13.4. The van der Waals surface area contributed by atoms with Crippen LogP contribution in [0, 0.1) is 24.1 Å². The highest BCUT2D eigenvalue weighted by Gasteiger charge is 2.24. The molecule has 1 aromatic heterocycles. The maximum absolute atomic E-state index is 14.0. The van der Waals surface area contributed by atoms with E-state index in [9.17, 15) is 9.65 Å². The smallest absolute Gasteiger partial charge is 0.124 e. The van der Waals surface area contributed by atoms with Crippen LogP contribution in [0.25, 0.3) is 10.9 Å². The summed E-state index contributed by atoms with van der Waals surface area (Å²) in [6.45, 7) is 5.10. The topological polar surface area (TPSA) is 71.9 Å². The lowest BCUT2D eigenvalue weighted by Crippen LogP contribution is -2.17. The Morgan fingerprint density at radius 2 is 2.09 bits per heavy atom. The molecule has 1 atom stereocenters. The molecule has 1 saturated heterocycles. The molecule has 0 amide bonds. The average molecular weight is 313 g/mol. The van der Waals surface area contributed by atoms with E-state index in [1.165, 1.54) is 12.1 Å². The van der Waals surface area contributed by atoms with Crippen molar-refractivity contribution in [2.75, 3.05) is 13.2 Å². The van der Waals surface area contributed by atoms with Gasteiger partial charge < -0.3 is 10.5 Å². The van der Waals surface area contributed by atoms with E-state index < -0.39 is 0 Å². The molecule has 0 radical (unpaired) electrons. The number of fused-ring (bicyclic) bond motifs is 1. The maximum atomic E-state index is 14.0. The number of nitrogens with two attached hydrogens (primary N) is 1. The average Bonchev–Trinajstić information content (AvgIpc) is 2.54. The summed E-state index contributed by atoms with van der Waals surface area (Å²) in [7, 11) is 0. The first-order chi connectivity index (χ1) is 11.0. The van der Waals surface area contributed by atoms with E-state index in [-0.39, 0.29) is 17.8 Å².